The fourth-order valence-electron chi connectivity index (χ4n) is 4.20. The number of alkyl halides is 6. The van der Waals surface area contributed by atoms with Crippen LogP contribution in [0.1, 0.15) is 48.1 Å². The lowest BCUT2D eigenvalue weighted by atomic mass is 9.70. The highest BCUT2D eigenvalue weighted by Crippen LogP contribution is 2.41. The Kier molecular flexibility index (Phi) is 7.38. The van der Waals surface area contributed by atoms with Gasteiger partial charge in [0.25, 0.3) is 0 Å². The minimum absolute atomic E-state index is 0.0370. The lowest BCUT2D eigenvalue weighted by molar-refractivity contribution is -0.157. The fourth-order valence-corrected chi connectivity index (χ4v) is 4.20. The highest BCUT2D eigenvalue weighted by Gasteiger charge is 2.46. The molecule has 1 heterocycles. The zero-order chi connectivity index (χ0) is 25.3. The van der Waals surface area contributed by atoms with Crippen LogP contribution in [0.4, 0.5) is 26.3 Å². The van der Waals surface area contributed by atoms with E-state index in [1.165, 1.54) is 6.92 Å². The Morgan fingerprint density at radius 1 is 1.00 bits per heavy atom. The van der Waals surface area contributed by atoms with E-state index in [0.29, 0.717) is 30.8 Å². The zero-order valence-corrected chi connectivity index (χ0v) is 18.6. The molecule has 2 aromatic rings. The summed E-state index contributed by atoms with van der Waals surface area (Å²) in [4.78, 5) is 15.2. The normalized spacial score (nSPS) is 17.8. The Morgan fingerprint density at radius 3 is 1.94 bits per heavy atom. The molecule has 2 aromatic carbocycles. The second kappa shape index (κ2) is 9.61. The Morgan fingerprint density at radius 2 is 1.50 bits per heavy atom. The Hall–Kier alpha value is -2.53. The number of ether oxygens (including phenoxy) is 1. The molecule has 11 heteroatoms. The van der Waals surface area contributed by atoms with E-state index in [2.05, 4.69) is 0 Å². The summed E-state index contributed by atoms with van der Waals surface area (Å²) in [6.45, 7) is 3.56. The molecule has 0 saturated carbocycles. The minimum atomic E-state index is -5.00. The second-order valence-corrected chi connectivity index (χ2v) is 8.50. The number of esters is 1. The van der Waals surface area contributed by atoms with E-state index in [1.54, 1.807) is 42.0 Å². The molecule has 0 amide bonds. The number of carbonyl (C=O) groups is 1. The summed E-state index contributed by atoms with van der Waals surface area (Å²) in [5.74, 6) is -0.734. The number of halogens is 6. The summed E-state index contributed by atoms with van der Waals surface area (Å²) in [7, 11) is -0.727. The van der Waals surface area contributed by atoms with Gasteiger partial charge in [-0.25, -0.2) is 0 Å². The molecule has 0 unspecified atom stereocenters. The Bertz CT molecular complexity index is 970. The van der Waals surface area contributed by atoms with Gasteiger partial charge in [-0.05, 0) is 69.0 Å². The topological polar surface area (TPSA) is 49.8 Å². The molecule has 0 bridgehead atoms. The summed E-state index contributed by atoms with van der Waals surface area (Å²) < 4.78 is 84.9. The van der Waals surface area contributed by atoms with Crippen LogP contribution in [0.2, 0.25) is 6.82 Å². The molecule has 1 fully saturated rings. The van der Waals surface area contributed by atoms with Crippen LogP contribution in [0, 0.1) is 0 Å². The standard InChI is InChI=1S/C23H24BF6NO3/c1-15(16-12-18(22(25,26)27)14-19(13-16)23(28,29)30)34-20(32)21(17-6-4-3-5-7-17)8-10-31(11-9-21)24(2)33/h3-7,12-15,33H,8-11H2,1-2H3/t15-/m1/s1. The third-order valence-corrected chi connectivity index (χ3v) is 6.26. The predicted molar refractivity (Wildman–Crippen MR) is 114 cm³/mol. The third-order valence-electron chi connectivity index (χ3n) is 6.26. The van der Waals surface area contributed by atoms with E-state index < -0.39 is 53.6 Å². The average Bonchev–Trinajstić information content (AvgIpc) is 2.78. The Balaban J connectivity index is 1.93. The molecule has 1 aliphatic heterocycles. The maximum absolute atomic E-state index is 13.4. The van der Waals surface area contributed by atoms with Crippen molar-refractivity contribution in [3.05, 3.63) is 70.8 Å². The van der Waals surface area contributed by atoms with Crippen LogP contribution in [0.25, 0.3) is 0 Å². The maximum Gasteiger partial charge on any atom is 0.416 e. The molecular weight excluding hydrogens is 463 g/mol. The van der Waals surface area contributed by atoms with Crippen molar-refractivity contribution < 1.29 is 40.9 Å². The van der Waals surface area contributed by atoms with Gasteiger partial charge in [0.15, 0.2) is 0 Å². The van der Waals surface area contributed by atoms with Gasteiger partial charge in [0.05, 0.1) is 16.5 Å². The highest BCUT2D eigenvalue weighted by atomic mass is 19.4. The van der Waals surface area contributed by atoms with Crippen molar-refractivity contribution in [1.82, 2.24) is 4.81 Å². The van der Waals surface area contributed by atoms with E-state index >= 15 is 0 Å². The van der Waals surface area contributed by atoms with Gasteiger partial charge in [0, 0.05) is 0 Å². The molecule has 184 valence electrons. The monoisotopic (exact) mass is 487 g/mol. The van der Waals surface area contributed by atoms with Gasteiger partial charge < -0.3 is 14.6 Å². The van der Waals surface area contributed by atoms with Crippen molar-refractivity contribution in [2.24, 2.45) is 0 Å². The lowest BCUT2D eigenvalue weighted by Gasteiger charge is -2.41. The SMILES string of the molecule is CB(O)N1CCC(C(=O)O[C@H](C)c2cc(C(F)(F)F)cc(C(F)(F)F)c2)(c2ccccc2)CC1. The van der Waals surface area contributed by atoms with Crippen molar-refractivity contribution in [3.8, 4) is 0 Å². The van der Waals surface area contributed by atoms with Gasteiger partial charge in [0.1, 0.15) is 6.10 Å². The van der Waals surface area contributed by atoms with Crippen LogP contribution in [0.5, 0.6) is 0 Å². The summed E-state index contributed by atoms with van der Waals surface area (Å²) in [6, 6.07) is 9.87. The number of piperidine rings is 1. The zero-order valence-electron chi connectivity index (χ0n) is 18.6. The van der Waals surface area contributed by atoms with E-state index in [4.69, 9.17) is 4.74 Å². The van der Waals surface area contributed by atoms with Crippen LogP contribution in [0.3, 0.4) is 0 Å². The van der Waals surface area contributed by atoms with Crippen LogP contribution in [-0.2, 0) is 27.3 Å². The van der Waals surface area contributed by atoms with Crippen molar-refractivity contribution in [3.63, 3.8) is 0 Å². The molecule has 4 nitrogen and oxygen atoms in total. The van der Waals surface area contributed by atoms with E-state index in [-0.39, 0.29) is 18.9 Å². The summed E-state index contributed by atoms with van der Waals surface area (Å²) in [6.07, 6.45) is -10.8. The van der Waals surface area contributed by atoms with Crippen molar-refractivity contribution >= 4 is 13.0 Å². The molecule has 1 atom stereocenters. The molecule has 34 heavy (non-hydrogen) atoms. The highest BCUT2D eigenvalue weighted by molar-refractivity contribution is 6.45. The van der Waals surface area contributed by atoms with Gasteiger partial charge in [-0.15, -0.1) is 0 Å². The molecule has 1 saturated heterocycles. The molecule has 0 spiro atoms. The first-order chi connectivity index (χ1) is 15.7. The summed E-state index contributed by atoms with van der Waals surface area (Å²) in [5, 5.41) is 9.86. The molecule has 0 aliphatic carbocycles. The molecule has 0 aromatic heterocycles. The molecule has 3 rings (SSSR count). The van der Waals surface area contributed by atoms with Gasteiger partial charge in [0.2, 0.25) is 0 Å². The van der Waals surface area contributed by atoms with Gasteiger partial charge in [-0.2, -0.15) is 26.3 Å². The molecule has 0 radical (unpaired) electrons. The fraction of sp³-hybridized carbons (Fsp3) is 0.435. The third kappa shape index (κ3) is 5.57. The molecular formula is C23H24BF6NO3. The number of hydrogen-bond donors (Lipinski definition) is 1. The van der Waals surface area contributed by atoms with Crippen molar-refractivity contribution in [2.45, 2.75) is 50.5 Å². The van der Waals surface area contributed by atoms with Crippen LogP contribution < -0.4 is 0 Å². The van der Waals surface area contributed by atoms with E-state index in [1.807, 2.05) is 0 Å². The van der Waals surface area contributed by atoms with Crippen molar-refractivity contribution in [2.75, 3.05) is 13.1 Å². The minimum Gasteiger partial charge on any atom is -0.457 e. The Labute approximate surface area is 193 Å². The van der Waals surface area contributed by atoms with Crippen molar-refractivity contribution in [1.29, 1.82) is 0 Å². The summed E-state index contributed by atoms with van der Waals surface area (Å²) >= 11 is 0. The molecule has 1 N–H and O–H groups in total. The first-order valence-electron chi connectivity index (χ1n) is 10.7. The van der Waals surface area contributed by atoms with Crippen LogP contribution >= 0.6 is 0 Å². The largest absolute Gasteiger partial charge is 0.457 e. The van der Waals surface area contributed by atoms with Crippen LogP contribution in [0.15, 0.2) is 48.5 Å². The number of carbonyl (C=O) groups excluding carboxylic acids is 1. The van der Waals surface area contributed by atoms with E-state index in [9.17, 15) is 36.2 Å². The van der Waals surface area contributed by atoms with Crippen LogP contribution in [-0.4, -0.2) is 35.9 Å². The summed E-state index contributed by atoms with van der Waals surface area (Å²) in [5.41, 5.74) is -3.85. The molecule has 1 aliphatic rings. The first-order valence-corrected chi connectivity index (χ1v) is 10.7. The average molecular weight is 487 g/mol. The van der Waals surface area contributed by atoms with E-state index in [0.717, 1.165) is 0 Å². The number of nitrogens with zero attached hydrogens (tertiary/aromatic N) is 1. The maximum atomic E-state index is 13.4. The number of benzene rings is 2. The number of rotatable bonds is 5. The quantitative estimate of drug-likeness (QED) is 0.345. The second-order valence-electron chi connectivity index (χ2n) is 8.50. The predicted octanol–water partition coefficient (Wildman–Crippen LogP) is 5.47. The smallest absolute Gasteiger partial charge is 0.416 e. The van der Waals surface area contributed by atoms with Gasteiger partial charge in [-0.3, -0.25) is 4.79 Å². The first kappa shape index (κ1) is 26.1. The lowest BCUT2D eigenvalue weighted by Crippen LogP contribution is -2.51. The van der Waals surface area contributed by atoms with Gasteiger partial charge >= 0.3 is 25.4 Å². The number of hydrogen-bond acceptors (Lipinski definition) is 4. The van der Waals surface area contributed by atoms with Gasteiger partial charge in [-0.1, -0.05) is 30.3 Å².